The fourth-order valence-corrected chi connectivity index (χ4v) is 5.12. The van der Waals surface area contributed by atoms with Crippen molar-refractivity contribution < 1.29 is 4.52 Å². The molecule has 7 nitrogen and oxygen atoms in total. The first-order valence-electron chi connectivity index (χ1n) is 13.9. The summed E-state index contributed by atoms with van der Waals surface area (Å²) in [6.07, 6.45) is 4.92. The molecule has 0 aliphatic heterocycles. The Bertz CT molecular complexity index is 1730. The van der Waals surface area contributed by atoms with Crippen LogP contribution >= 0.6 is 0 Å². The second-order valence-electron chi connectivity index (χ2n) is 10.1. The van der Waals surface area contributed by atoms with Gasteiger partial charge in [0.2, 0.25) is 0 Å². The molecule has 0 saturated carbocycles. The first-order valence-corrected chi connectivity index (χ1v) is 13.9. The molecule has 2 aromatic heterocycles. The van der Waals surface area contributed by atoms with Gasteiger partial charge in [-0.25, -0.2) is 9.78 Å². The van der Waals surface area contributed by atoms with Crippen LogP contribution in [0.1, 0.15) is 66.0 Å². The number of nitrogens with one attached hydrogen (secondary N) is 1. The quantitative estimate of drug-likeness (QED) is 0.238. The zero-order valence-corrected chi connectivity index (χ0v) is 23.2. The molecule has 204 valence electrons. The first-order chi connectivity index (χ1) is 19.5. The molecule has 40 heavy (non-hydrogen) atoms. The van der Waals surface area contributed by atoms with Gasteiger partial charge in [-0.1, -0.05) is 86.1 Å². The Kier molecular flexibility index (Phi) is 8.20. The van der Waals surface area contributed by atoms with Crippen molar-refractivity contribution in [3.8, 4) is 17.1 Å². The molecule has 5 aromatic rings. The molecular formula is C33H34N4O3. The number of hydrogen-bond donors (Lipinski definition) is 1. The van der Waals surface area contributed by atoms with E-state index >= 15 is 0 Å². The van der Waals surface area contributed by atoms with E-state index in [1.54, 1.807) is 4.57 Å². The number of hydrogen-bond acceptors (Lipinski definition) is 5. The highest BCUT2D eigenvalue weighted by molar-refractivity contribution is 5.60. The summed E-state index contributed by atoms with van der Waals surface area (Å²) in [5, 5.41) is 3.85. The lowest BCUT2D eigenvalue weighted by molar-refractivity contribution is 0.388. The van der Waals surface area contributed by atoms with Crippen molar-refractivity contribution >= 4 is 0 Å². The van der Waals surface area contributed by atoms with Crippen molar-refractivity contribution in [2.24, 2.45) is 0 Å². The number of unbranched alkanes of at least 4 members (excludes halogenated alkanes) is 1. The fraction of sp³-hybridized carbons (Fsp3) is 0.273. The minimum absolute atomic E-state index is 0.00599. The van der Waals surface area contributed by atoms with E-state index < -0.39 is 5.76 Å². The molecule has 7 heteroatoms. The molecule has 0 spiro atoms. The van der Waals surface area contributed by atoms with Gasteiger partial charge in [0.25, 0.3) is 5.56 Å². The molecule has 0 unspecified atom stereocenters. The summed E-state index contributed by atoms with van der Waals surface area (Å²) in [5.74, 6) is 0.565. The lowest BCUT2D eigenvalue weighted by Gasteiger charge is -2.16. The maximum atomic E-state index is 13.9. The molecule has 0 fully saturated rings. The smallest absolute Gasteiger partial charge is 0.296 e. The van der Waals surface area contributed by atoms with Crippen LogP contribution in [0.2, 0.25) is 0 Å². The van der Waals surface area contributed by atoms with Gasteiger partial charge in [-0.2, -0.15) is 0 Å². The molecule has 1 N–H and O–H groups in total. The molecule has 0 radical (unpaired) electrons. The average Bonchev–Trinajstić information content (AvgIpc) is 3.41. The van der Waals surface area contributed by atoms with Gasteiger partial charge >= 0.3 is 5.76 Å². The number of rotatable bonds is 10. The Hall–Kier alpha value is -4.52. The van der Waals surface area contributed by atoms with Crippen LogP contribution in [-0.4, -0.2) is 19.7 Å². The minimum Gasteiger partial charge on any atom is -0.296 e. The molecule has 0 aliphatic rings. The summed E-state index contributed by atoms with van der Waals surface area (Å²) in [6, 6.07) is 24.3. The van der Waals surface area contributed by atoms with E-state index in [1.165, 1.54) is 5.56 Å². The fourth-order valence-electron chi connectivity index (χ4n) is 5.12. The maximum absolute atomic E-state index is 13.9. The second kappa shape index (κ2) is 12.1. The van der Waals surface area contributed by atoms with E-state index in [9.17, 15) is 9.59 Å². The van der Waals surface area contributed by atoms with Crippen LogP contribution in [0.3, 0.4) is 0 Å². The summed E-state index contributed by atoms with van der Waals surface area (Å²) >= 11 is 0. The van der Waals surface area contributed by atoms with Gasteiger partial charge in [-0.05, 0) is 67.0 Å². The zero-order valence-electron chi connectivity index (χ0n) is 23.2. The molecule has 3 aromatic carbocycles. The summed E-state index contributed by atoms with van der Waals surface area (Å²) < 4.78 is 6.46. The van der Waals surface area contributed by atoms with Gasteiger partial charge in [0.15, 0.2) is 5.82 Å². The normalized spacial score (nSPS) is 11.2. The van der Waals surface area contributed by atoms with Crippen molar-refractivity contribution in [3.63, 3.8) is 0 Å². The summed E-state index contributed by atoms with van der Waals surface area (Å²) in [6.45, 7) is 6.19. The highest BCUT2D eigenvalue weighted by Crippen LogP contribution is 2.23. The van der Waals surface area contributed by atoms with Crippen molar-refractivity contribution in [3.05, 3.63) is 133 Å². The lowest BCUT2D eigenvalue weighted by Crippen LogP contribution is -2.28. The molecule has 0 aliphatic carbocycles. The van der Waals surface area contributed by atoms with Crippen LogP contribution in [-0.2, 0) is 25.7 Å². The summed E-state index contributed by atoms with van der Waals surface area (Å²) in [5.41, 5.74) is 7.74. The topological polar surface area (TPSA) is 93.8 Å². The number of nitrogens with zero attached hydrogens (tertiary/aromatic N) is 3. The number of H-pyrrole nitrogens is 1. The van der Waals surface area contributed by atoms with Crippen molar-refractivity contribution in [1.29, 1.82) is 0 Å². The molecule has 0 amide bonds. The van der Waals surface area contributed by atoms with Crippen LogP contribution < -0.4 is 11.3 Å². The Labute approximate surface area is 233 Å². The van der Waals surface area contributed by atoms with Gasteiger partial charge in [0, 0.05) is 17.5 Å². The summed E-state index contributed by atoms with van der Waals surface area (Å²) in [4.78, 5) is 33.0. The predicted molar refractivity (Wildman–Crippen MR) is 157 cm³/mol. The Morgan fingerprint density at radius 2 is 1.62 bits per heavy atom. The highest BCUT2D eigenvalue weighted by Gasteiger charge is 2.17. The SMILES string of the molecule is CCCCc1nc(C)n(-c2cccc(CC)c2)c(=O)c1Cc1ccc(Cc2ccccc2-c2noc(=O)[nH]2)cc1. The third-order valence-corrected chi connectivity index (χ3v) is 7.29. The minimum atomic E-state index is -0.574. The Morgan fingerprint density at radius 3 is 2.33 bits per heavy atom. The molecule has 5 rings (SSSR count). The Balaban J connectivity index is 1.45. The molecule has 0 bridgehead atoms. The van der Waals surface area contributed by atoms with Crippen LogP contribution in [0, 0.1) is 6.92 Å². The number of benzene rings is 3. The first kappa shape index (κ1) is 27.1. The van der Waals surface area contributed by atoms with Gasteiger partial charge in [0.05, 0.1) is 11.4 Å². The van der Waals surface area contributed by atoms with Crippen LogP contribution in [0.5, 0.6) is 0 Å². The van der Waals surface area contributed by atoms with E-state index in [1.807, 2.05) is 43.3 Å². The molecule has 0 atom stereocenters. The van der Waals surface area contributed by atoms with E-state index in [0.29, 0.717) is 18.7 Å². The third kappa shape index (κ3) is 5.88. The highest BCUT2D eigenvalue weighted by atomic mass is 16.5. The number of aryl methyl sites for hydroxylation is 3. The zero-order chi connectivity index (χ0) is 28.1. The maximum Gasteiger partial charge on any atom is 0.439 e. The average molecular weight is 535 g/mol. The number of aromatic amines is 1. The summed E-state index contributed by atoms with van der Waals surface area (Å²) in [7, 11) is 0. The molecular weight excluding hydrogens is 500 g/mol. The van der Waals surface area contributed by atoms with Crippen molar-refractivity contribution in [2.45, 2.75) is 59.3 Å². The van der Waals surface area contributed by atoms with E-state index in [0.717, 1.165) is 70.7 Å². The monoisotopic (exact) mass is 534 g/mol. The van der Waals surface area contributed by atoms with E-state index in [-0.39, 0.29) is 5.56 Å². The van der Waals surface area contributed by atoms with Crippen molar-refractivity contribution in [2.75, 3.05) is 0 Å². The largest absolute Gasteiger partial charge is 0.439 e. The van der Waals surface area contributed by atoms with Crippen LogP contribution in [0.15, 0.2) is 86.9 Å². The molecule has 2 heterocycles. The predicted octanol–water partition coefficient (Wildman–Crippen LogP) is 5.97. The lowest BCUT2D eigenvalue weighted by atomic mass is 9.96. The van der Waals surface area contributed by atoms with E-state index in [4.69, 9.17) is 9.51 Å². The van der Waals surface area contributed by atoms with Crippen molar-refractivity contribution in [1.82, 2.24) is 19.7 Å². The van der Waals surface area contributed by atoms with Gasteiger partial charge in [-0.15, -0.1) is 0 Å². The van der Waals surface area contributed by atoms with E-state index in [2.05, 4.69) is 60.4 Å². The standard InChI is InChI=1S/C33H34N4O3/c1-4-6-14-30-29(32(38)37(22(3)34-30)27-12-9-10-23(5-2)20-27)21-25-17-15-24(16-18-25)19-26-11-7-8-13-28(26)31-35-33(39)40-36-31/h7-13,15-18,20H,4-6,14,19,21H2,1-3H3,(H,35,36,39). The Morgan fingerprint density at radius 1 is 0.875 bits per heavy atom. The number of aromatic nitrogens is 4. The van der Waals surface area contributed by atoms with Gasteiger partial charge in [0.1, 0.15) is 5.82 Å². The van der Waals surface area contributed by atoms with Gasteiger partial charge in [-0.3, -0.25) is 18.9 Å². The second-order valence-corrected chi connectivity index (χ2v) is 10.1. The van der Waals surface area contributed by atoms with Gasteiger partial charge < -0.3 is 0 Å². The van der Waals surface area contributed by atoms with Crippen LogP contribution in [0.25, 0.3) is 17.1 Å². The van der Waals surface area contributed by atoms with Crippen LogP contribution in [0.4, 0.5) is 0 Å². The third-order valence-electron chi connectivity index (χ3n) is 7.29. The molecule has 0 saturated heterocycles.